The molecule has 0 spiro atoms. The Labute approximate surface area is 109 Å². The van der Waals surface area contributed by atoms with Crippen LogP contribution >= 0.6 is 0 Å². The first-order chi connectivity index (χ1) is 9.16. The average Bonchev–Trinajstić information content (AvgIpc) is 2.46. The van der Waals surface area contributed by atoms with Crippen molar-refractivity contribution < 1.29 is 4.79 Å². The molecule has 1 heterocycles. The number of rotatable bonds is 3. The van der Waals surface area contributed by atoms with Gasteiger partial charge in [0.25, 0.3) is 11.5 Å². The molecular formula is C13H12N4O2. The molecule has 2 rings (SSSR count). The lowest BCUT2D eigenvalue weighted by molar-refractivity contribution is 0.0948. The highest BCUT2D eigenvalue weighted by Gasteiger charge is 2.06. The highest BCUT2D eigenvalue weighted by Crippen LogP contribution is 2.00. The van der Waals surface area contributed by atoms with Crippen LogP contribution in [-0.2, 0) is 0 Å². The average molecular weight is 256 g/mol. The zero-order chi connectivity index (χ0) is 13.7. The molecule has 0 fully saturated rings. The summed E-state index contributed by atoms with van der Waals surface area (Å²) in [5.41, 5.74) is 3.71. The Bertz CT molecular complexity index is 641. The predicted octanol–water partition coefficient (Wildman–Crippen LogP) is 0.924. The molecule has 0 unspecified atom stereocenters. The maximum absolute atomic E-state index is 11.7. The van der Waals surface area contributed by atoms with Crippen molar-refractivity contribution in [1.29, 1.82) is 0 Å². The number of hydrogen-bond acceptors (Lipinski definition) is 4. The number of aromatic amines is 1. The van der Waals surface area contributed by atoms with Gasteiger partial charge in [-0.1, -0.05) is 30.3 Å². The number of carbonyl (C=O) groups is 1. The normalized spacial score (nSPS) is 11.1. The highest BCUT2D eigenvalue weighted by molar-refractivity contribution is 6.00. The van der Waals surface area contributed by atoms with Crippen LogP contribution < -0.4 is 11.0 Å². The molecule has 96 valence electrons. The summed E-state index contributed by atoms with van der Waals surface area (Å²) in [6.07, 6.45) is 0. The van der Waals surface area contributed by atoms with Crippen LogP contribution in [0.1, 0.15) is 23.0 Å². The largest absolute Gasteiger partial charge is 0.291 e. The highest BCUT2D eigenvalue weighted by atomic mass is 16.2. The lowest BCUT2D eigenvalue weighted by atomic mass is 10.1. The Balaban J connectivity index is 2.08. The molecule has 0 bridgehead atoms. The van der Waals surface area contributed by atoms with Crippen LogP contribution in [0, 0.1) is 0 Å². The van der Waals surface area contributed by atoms with Crippen molar-refractivity contribution in [2.75, 3.05) is 0 Å². The first-order valence-electron chi connectivity index (χ1n) is 5.62. The Morgan fingerprint density at radius 1 is 1.21 bits per heavy atom. The SMILES string of the molecule is C/C(=N/NC(=O)c1ccc(=O)[nH]n1)c1ccccc1. The van der Waals surface area contributed by atoms with Crippen molar-refractivity contribution in [2.45, 2.75) is 6.92 Å². The van der Waals surface area contributed by atoms with E-state index < -0.39 is 5.91 Å². The van der Waals surface area contributed by atoms with Gasteiger partial charge in [-0.25, -0.2) is 10.5 Å². The number of hydrogen-bond donors (Lipinski definition) is 2. The third-order valence-corrected chi connectivity index (χ3v) is 2.43. The third kappa shape index (κ3) is 3.35. The van der Waals surface area contributed by atoms with E-state index in [0.717, 1.165) is 5.56 Å². The molecular weight excluding hydrogens is 244 g/mol. The fourth-order valence-corrected chi connectivity index (χ4v) is 1.41. The molecule has 0 aliphatic heterocycles. The van der Waals surface area contributed by atoms with Crippen LogP contribution in [0.4, 0.5) is 0 Å². The fourth-order valence-electron chi connectivity index (χ4n) is 1.41. The quantitative estimate of drug-likeness (QED) is 0.632. The minimum Gasteiger partial charge on any atom is -0.268 e. The molecule has 0 aliphatic rings. The van der Waals surface area contributed by atoms with E-state index in [0.29, 0.717) is 5.71 Å². The van der Waals surface area contributed by atoms with Crippen LogP contribution in [0.25, 0.3) is 0 Å². The Morgan fingerprint density at radius 3 is 2.58 bits per heavy atom. The molecule has 0 aliphatic carbocycles. The van der Waals surface area contributed by atoms with Gasteiger partial charge in [-0.3, -0.25) is 9.59 Å². The maximum atomic E-state index is 11.7. The fraction of sp³-hybridized carbons (Fsp3) is 0.0769. The molecule has 19 heavy (non-hydrogen) atoms. The van der Waals surface area contributed by atoms with Crippen molar-refractivity contribution in [1.82, 2.24) is 15.6 Å². The van der Waals surface area contributed by atoms with E-state index in [1.54, 1.807) is 6.92 Å². The molecule has 0 saturated heterocycles. The second-order valence-corrected chi connectivity index (χ2v) is 3.81. The molecule has 1 aromatic heterocycles. The Hall–Kier alpha value is -2.76. The first-order valence-corrected chi connectivity index (χ1v) is 5.62. The summed E-state index contributed by atoms with van der Waals surface area (Å²) < 4.78 is 0. The van der Waals surface area contributed by atoms with Gasteiger partial charge < -0.3 is 0 Å². The number of benzene rings is 1. The molecule has 2 aromatic rings. The van der Waals surface area contributed by atoms with E-state index >= 15 is 0 Å². The van der Waals surface area contributed by atoms with Gasteiger partial charge in [-0.15, -0.1) is 0 Å². The zero-order valence-corrected chi connectivity index (χ0v) is 10.3. The van der Waals surface area contributed by atoms with Crippen molar-refractivity contribution in [3.05, 3.63) is 64.1 Å². The van der Waals surface area contributed by atoms with E-state index in [4.69, 9.17) is 0 Å². The van der Waals surface area contributed by atoms with Gasteiger partial charge in [0.1, 0.15) is 0 Å². The summed E-state index contributed by atoms with van der Waals surface area (Å²) in [6, 6.07) is 12.0. The second-order valence-electron chi connectivity index (χ2n) is 3.81. The van der Waals surface area contributed by atoms with Crippen LogP contribution in [0.3, 0.4) is 0 Å². The number of carbonyl (C=O) groups excluding carboxylic acids is 1. The van der Waals surface area contributed by atoms with E-state index in [2.05, 4.69) is 20.7 Å². The van der Waals surface area contributed by atoms with Gasteiger partial charge >= 0.3 is 0 Å². The summed E-state index contributed by atoms with van der Waals surface area (Å²) in [4.78, 5) is 22.5. The van der Waals surface area contributed by atoms with E-state index in [-0.39, 0.29) is 11.3 Å². The number of aromatic nitrogens is 2. The number of nitrogens with one attached hydrogen (secondary N) is 2. The maximum Gasteiger partial charge on any atom is 0.291 e. The number of nitrogens with zero attached hydrogens (tertiary/aromatic N) is 2. The van der Waals surface area contributed by atoms with E-state index in [1.807, 2.05) is 30.3 Å². The number of H-pyrrole nitrogens is 1. The predicted molar refractivity (Wildman–Crippen MR) is 71.0 cm³/mol. The molecule has 1 amide bonds. The van der Waals surface area contributed by atoms with E-state index in [9.17, 15) is 9.59 Å². The Kier molecular flexibility index (Phi) is 3.82. The molecule has 2 N–H and O–H groups in total. The summed E-state index contributed by atoms with van der Waals surface area (Å²) in [5.74, 6) is -0.480. The third-order valence-electron chi connectivity index (χ3n) is 2.43. The van der Waals surface area contributed by atoms with E-state index in [1.165, 1.54) is 12.1 Å². The topological polar surface area (TPSA) is 87.2 Å². The van der Waals surface area contributed by atoms with Gasteiger partial charge in [-0.05, 0) is 18.6 Å². The summed E-state index contributed by atoms with van der Waals surface area (Å²) >= 11 is 0. The van der Waals surface area contributed by atoms with Crippen LogP contribution in [0.5, 0.6) is 0 Å². The van der Waals surface area contributed by atoms with Gasteiger partial charge in [0.2, 0.25) is 0 Å². The minimum absolute atomic E-state index is 0.101. The molecule has 6 heteroatoms. The smallest absolute Gasteiger partial charge is 0.268 e. The molecule has 0 saturated carbocycles. The summed E-state index contributed by atoms with van der Waals surface area (Å²) in [5, 5.41) is 9.77. The molecule has 0 radical (unpaired) electrons. The van der Waals surface area contributed by atoms with Crippen molar-refractivity contribution in [2.24, 2.45) is 5.10 Å². The zero-order valence-electron chi connectivity index (χ0n) is 10.3. The van der Waals surface area contributed by atoms with Crippen molar-refractivity contribution in [3.63, 3.8) is 0 Å². The lowest BCUT2D eigenvalue weighted by Crippen LogP contribution is -2.22. The first kappa shape index (κ1) is 12.7. The number of hydrazone groups is 1. The standard InChI is InChI=1S/C13H12N4O2/c1-9(10-5-3-2-4-6-10)14-17-13(19)11-7-8-12(18)16-15-11/h2-8H,1H3,(H,16,18)(H,17,19)/b14-9-. The molecule has 1 aromatic carbocycles. The number of amides is 1. The van der Waals surface area contributed by atoms with Gasteiger partial charge in [-0.2, -0.15) is 10.2 Å². The minimum atomic E-state index is -0.480. The van der Waals surface area contributed by atoms with Crippen LogP contribution in [-0.4, -0.2) is 21.8 Å². The lowest BCUT2D eigenvalue weighted by Gasteiger charge is -2.01. The second kappa shape index (κ2) is 5.72. The monoisotopic (exact) mass is 256 g/mol. The van der Waals surface area contributed by atoms with Crippen LogP contribution in [0.2, 0.25) is 0 Å². The summed E-state index contributed by atoms with van der Waals surface area (Å²) in [6.45, 7) is 1.79. The van der Waals surface area contributed by atoms with Crippen LogP contribution in [0.15, 0.2) is 52.4 Å². The molecule has 0 atom stereocenters. The van der Waals surface area contributed by atoms with Gasteiger partial charge in [0.15, 0.2) is 5.69 Å². The molecule has 6 nitrogen and oxygen atoms in total. The van der Waals surface area contributed by atoms with Gasteiger partial charge in [0.05, 0.1) is 5.71 Å². The Morgan fingerprint density at radius 2 is 1.95 bits per heavy atom. The summed E-state index contributed by atoms with van der Waals surface area (Å²) in [7, 11) is 0. The van der Waals surface area contributed by atoms with Gasteiger partial charge in [0, 0.05) is 6.07 Å². The van der Waals surface area contributed by atoms with Crippen molar-refractivity contribution in [3.8, 4) is 0 Å². The van der Waals surface area contributed by atoms with Crippen molar-refractivity contribution >= 4 is 11.6 Å².